The molecule has 1 aliphatic rings. The van der Waals surface area contributed by atoms with E-state index in [0.29, 0.717) is 30.5 Å². The third kappa shape index (κ3) is 6.10. The summed E-state index contributed by atoms with van der Waals surface area (Å²) >= 11 is 2.85. The number of rotatable bonds is 10. The number of aliphatic hydroxyl groups is 1. The Kier molecular flexibility index (Phi) is 8.01. The normalized spacial score (nSPS) is 18.2. The average Bonchev–Trinajstić information content (AvgIpc) is 3.36. The zero-order valence-corrected chi connectivity index (χ0v) is 17.7. The lowest BCUT2D eigenvalue weighted by atomic mass is 9.98. The summed E-state index contributed by atoms with van der Waals surface area (Å²) in [5.74, 6) is -0.365. The fourth-order valence-electron chi connectivity index (χ4n) is 3.34. The zero-order chi connectivity index (χ0) is 19.9. The molecule has 2 aromatic rings. The highest BCUT2D eigenvalue weighted by Crippen LogP contribution is 2.28. The van der Waals surface area contributed by atoms with Gasteiger partial charge in [-0.3, -0.25) is 0 Å². The molecule has 0 saturated carbocycles. The number of aliphatic hydroxyl groups excluding tert-OH is 1. The van der Waals surface area contributed by atoms with Crippen molar-refractivity contribution in [2.75, 3.05) is 33.3 Å². The SMILES string of the molecule is CN1CCC(COC(c2cccs2)C(O)CNCc2ccc(C(=O)O)s2)CC1. The van der Waals surface area contributed by atoms with Gasteiger partial charge >= 0.3 is 5.97 Å². The Hall–Kier alpha value is -1.29. The molecule has 8 heteroatoms. The number of carbonyl (C=O) groups is 1. The molecule has 2 unspecified atom stereocenters. The molecular formula is C20H28N2O4S2. The number of nitrogens with one attached hydrogen (secondary N) is 1. The molecule has 0 spiro atoms. The maximum Gasteiger partial charge on any atom is 0.345 e. The van der Waals surface area contributed by atoms with Crippen molar-refractivity contribution < 1.29 is 19.7 Å². The van der Waals surface area contributed by atoms with Gasteiger partial charge in [-0.05, 0) is 62.5 Å². The summed E-state index contributed by atoms with van der Waals surface area (Å²) in [5, 5.41) is 25.0. The van der Waals surface area contributed by atoms with Gasteiger partial charge in [-0.1, -0.05) is 6.07 Å². The van der Waals surface area contributed by atoms with Crippen LogP contribution in [0.1, 0.15) is 38.4 Å². The molecule has 6 nitrogen and oxygen atoms in total. The van der Waals surface area contributed by atoms with Crippen LogP contribution >= 0.6 is 22.7 Å². The summed E-state index contributed by atoms with van der Waals surface area (Å²) in [6.07, 6.45) is 1.26. The fraction of sp³-hybridized carbons (Fsp3) is 0.550. The molecule has 3 N–H and O–H groups in total. The quantitative estimate of drug-likeness (QED) is 0.544. The molecular weight excluding hydrogens is 396 g/mol. The number of likely N-dealkylation sites (tertiary alicyclic amines) is 1. The van der Waals surface area contributed by atoms with Crippen LogP contribution in [0.2, 0.25) is 0 Å². The lowest BCUT2D eigenvalue weighted by Crippen LogP contribution is -2.35. The van der Waals surface area contributed by atoms with Crippen molar-refractivity contribution in [1.82, 2.24) is 10.2 Å². The minimum atomic E-state index is -0.906. The summed E-state index contributed by atoms with van der Waals surface area (Å²) in [4.78, 5) is 15.6. The fourth-order valence-corrected chi connectivity index (χ4v) is 4.99. The maximum absolute atomic E-state index is 11.0. The van der Waals surface area contributed by atoms with E-state index in [0.717, 1.165) is 35.7 Å². The number of piperidine rings is 1. The predicted molar refractivity (Wildman–Crippen MR) is 112 cm³/mol. The van der Waals surface area contributed by atoms with Crippen molar-refractivity contribution in [2.24, 2.45) is 5.92 Å². The smallest absolute Gasteiger partial charge is 0.345 e. The van der Waals surface area contributed by atoms with Gasteiger partial charge in [0, 0.05) is 22.8 Å². The van der Waals surface area contributed by atoms with Crippen molar-refractivity contribution in [1.29, 1.82) is 0 Å². The van der Waals surface area contributed by atoms with Crippen LogP contribution in [-0.2, 0) is 11.3 Å². The molecule has 1 aliphatic heterocycles. The Morgan fingerprint density at radius 3 is 2.79 bits per heavy atom. The van der Waals surface area contributed by atoms with Crippen LogP contribution in [0, 0.1) is 5.92 Å². The monoisotopic (exact) mass is 424 g/mol. The Balaban J connectivity index is 1.50. The summed E-state index contributed by atoms with van der Waals surface area (Å²) in [6, 6.07) is 7.40. The highest BCUT2D eigenvalue weighted by atomic mass is 32.1. The Labute approximate surface area is 173 Å². The van der Waals surface area contributed by atoms with Crippen LogP contribution in [0.3, 0.4) is 0 Å². The number of hydrogen-bond acceptors (Lipinski definition) is 7. The Bertz CT molecular complexity index is 726. The molecule has 0 bridgehead atoms. The summed E-state index contributed by atoms with van der Waals surface area (Å²) in [5.41, 5.74) is 0. The lowest BCUT2D eigenvalue weighted by molar-refractivity contribution is -0.0546. The molecule has 2 aromatic heterocycles. The first-order chi connectivity index (χ1) is 13.5. The second-order valence-corrected chi connectivity index (χ2v) is 9.43. The van der Waals surface area contributed by atoms with Crippen molar-refractivity contribution in [3.63, 3.8) is 0 Å². The maximum atomic E-state index is 11.0. The number of hydrogen-bond donors (Lipinski definition) is 3. The Morgan fingerprint density at radius 1 is 1.36 bits per heavy atom. The molecule has 3 heterocycles. The number of carboxylic acids is 1. The second kappa shape index (κ2) is 10.5. The topological polar surface area (TPSA) is 82.0 Å². The van der Waals surface area contributed by atoms with Gasteiger partial charge in [0.2, 0.25) is 0 Å². The van der Waals surface area contributed by atoms with E-state index in [9.17, 15) is 9.90 Å². The van der Waals surface area contributed by atoms with Gasteiger partial charge in [0.1, 0.15) is 11.0 Å². The molecule has 1 saturated heterocycles. The molecule has 154 valence electrons. The van der Waals surface area contributed by atoms with Crippen LogP contribution in [0.15, 0.2) is 29.6 Å². The van der Waals surface area contributed by atoms with Gasteiger partial charge in [0.15, 0.2) is 0 Å². The summed E-state index contributed by atoms with van der Waals surface area (Å²) in [6.45, 7) is 3.78. The largest absolute Gasteiger partial charge is 0.477 e. The van der Waals surface area contributed by atoms with Crippen LogP contribution in [-0.4, -0.2) is 60.5 Å². The highest BCUT2D eigenvalue weighted by Gasteiger charge is 2.25. The predicted octanol–water partition coefficient (Wildman–Crippen LogP) is 3.06. The standard InChI is InChI=1S/C20H28N2O4S2/c1-22-8-6-14(7-9-22)13-26-19(17-3-2-10-27-17)16(23)12-21-11-15-4-5-18(28-15)20(24)25/h2-5,10,14,16,19,21,23H,6-9,11-13H2,1H3,(H,24,25). The van der Waals surface area contributed by atoms with Crippen molar-refractivity contribution >= 4 is 28.6 Å². The first-order valence-electron chi connectivity index (χ1n) is 9.57. The van der Waals surface area contributed by atoms with Gasteiger partial charge in [0.05, 0.1) is 12.7 Å². The van der Waals surface area contributed by atoms with Crippen LogP contribution in [0.25, 0.3) is 0 Å². The lowest BCUT2D eigenvalue weighted by Gasteiger charge is -2.31. The number of thiophene rings is 2. The van der Waals surface area contributed by atoms with E-state index in [4.69, 9.17) is 9.84 Å². The van der Waals surface area contributed by atoms with Gasteiger partial charge in [-0.2, -0.15) is 0 Å². The molecule has 0 amide bonds. The first kappa shape index (κ1) is 21.4. The third-order valence-electron chi connectivity index (χ3n) is 5.05. The van der Waals surface area contributed by atoms with E-state index in [-0.39, 0.29) is 6.10 Å². The van der Waals surface area contributed by atoms with E-state index in [2.05, 4.69) is 17.3 Å². The highest BCUT2D eigenvalue weighted by molar-refractivity contribution is 7.13. The van der Waals surface area contributed by atoms with Crippen LogP contribution < -0.4 is 5.32 Å². The van der Waals surface area contributed by atoms with Crippen molar-refractivity contribution in [3.8, 4) is 0 Å². The van der Waals surface area contributed by atoms with Crippen LogP contribution in [0.5, 0.6) is 0 Å². The summed E-state index contributed by atoms with van der Waals surface area (Å²) < 4.78 is 6.19. The molecule has 2 atom stereocenters. The van der Waals surface area contributed by atoms with E-state index in [1.165, 1.54) is 11.3 Å². The minimum absolute atomic E-state index is 0.329. The van der Waals surface area contributed by atoms with Crippen molar-refractivity contribution in [3.05, 3.63) is 44.3 Å². The van der Waals surface area contributed by atoms with Crippen molar-refractivity contribution in [2.45, 2.75) is 31.6 Å². The molecule has 1 fully saturated rings. The molecule has 0 radical (unpaired) electrons. The van der Waals surface area contributed by atoms with Gasteiger partial charge in [0.25, 0.3) is 0 Å². The van der Waals surface area contributed by atoms with E-state index in [1.807, 2.05) is 17.5 Å². The third-order valence-corrected chi connectivity index (χ3v) is 7.05. The first-order valence-corrected chi connectivity index (χ1v) is 11.3. The van der Waals surface area contributed by atoms with E-state index in [1.54, 1.807) is 23.5 Å². The number of carboxylic acid groups (broad SMARTS) is 1. The zero-order valence-electron chi connectivity index (χ0n) is 16.0. The minimum Gasteiger partial charge on any atom is -0.477 e. The average molecular weight is 425 g/mol. The summed E-state index contributed by atoms with van der Waals surface area (Å²) in [7, 11) is 2.15. The Morgan fingerprint density at radius 2 is 2.14 bits per heavy atom. The van der Waals surface area contributed by atoms with Crippen LogP contribution in [0.4, 0.5) is 0 Å². The van der Waals surface area contributed by atoms with Gasteiger partial charge in [-0.15, -0.1) is 22.7 Å². The number of nitrogens with zero attached hydrogens (tertiary/aromatic N) is 1. The molecule has 0 aromatic carbocycles. The number of aromatic carboxylic acids is 1. The molecule has 28 heavy (non-hydrogen) atoms. The van der Waals surface area contributed by atoms with E-state index < -0.39 is 12.1 Å². The van der Waals surface area contributed by atoms with Gasteiger partial charge in [-0.25, -0.2) is 4.79 Å². The molecule has 0 aliphatic carbocycles. The molecule has 3 rings (SSSR count). The second-order valence-electron chi connectivity index (χ2n) is 7.29. The van der Waals surface area contributed by atoms with Gasteiger partial charge < -0.3 is 25.2 Å². The van der Waals surface area contributed by atoms with E-state index >= 15 is 0 Å². The number of ether oxygens (including phenoxy) is 1.